The largest absolute Gasteiger partial charge is 0.374 e. The highest BCUT2D eigenvalue weighted by atomic mass is 32.1. The van der Waals surface area contributed by atoms with E-state index in [4.69, 9.17) is 5.73 Å². The van der Waals surface area contributed by atoms with Gasteiger partial charge in [0.05, 0.1) is 0 Å². The van der Waals surface area contributed by atoms with Crippen LogP contribution < -0.4 is 10.6 Å². The molecule has 0 atom stereocenters. The molecule has 0 amide bonds. The SMILES string of the molecule is CCN(CC)c1ccc(-c2nnc(N)s2)cc1. The van der Waals surface area contributed by atoms with Crippen LogP contribution in [0.5, 0.6) is 0 Å². The van der Waals surface area contributed by atoms with Crippen LogP contribution in [0, 0.1) is 0 Å². The van der Waals surface area contributed by atoms with E-state index in [9.17, 15) is 0 Å². The van der Waals surface area contributed by atoms with Crippen molar-refractivity contribution in [2.24, 2.45) is 0 Å². The van der Waals surface area contributed by atoms with E-state index in [1.54, 1.807) is 0 Å². The Hall–Kier alpha value is -1.62. The Labute approximate surface area is 105 Å². The van der Waals surface area contributed by atoms with Gasteiger partial charge >= 0.3 is 0 Å². The number of aromatic nitrogens is 2. The Morgan fingerprint density at radius 2 is 1.76 bits per heavy atom. The van der Waals surface area contributed by atoms with E-state index in [1.807, 2.05) is 0 Å². The highest BCUT2D eigenvalue weighted by Gasteiger charge is 2.06. The van der Waals surface area contributed by atoms with Gasteiger partial charge in [0.1, 0.15) is 5.01 Å². The van der Waals surface area contributed by atoms with Crippen molar-refractivity contribution in [1.82, 2.24) is 10.2 Å². The van der Waals surface area contributed by atoms with Crippen molar-refractivity contribution in [2.45, 2.75) is 13.8 Å². The molecule has 0 aliphatic carbocycles. The molecule has 1 aromatic carbocycles. The first-order valence-corrected chi connectivity index (χ1v) is 6.50. The van der Waals surface area contributed by atoms with Gasteiger partial charge in [-0.1, -0.05) is 11.3 Å². The average molecular weight is 248 g/mol. The molecule has 4 nitrogen and oxygen atoms in total. The van der Waals surface area contributed by atoms with Crippen molar-refractivity contribution in [3.05, 3.63) is 24.3 Å². The van der Waals surface area contributed by atoms with Crippen LogP contribution in [0.25, 0.3) is 10.6 Å². The minimum atomic E-state index is 0.507. The molecule has 17 heavy (non-hydrogen) atoms. The highest BCUT2D eigenvalue weighted by molar-refractivity contribution is 7.18. The maximum absolute atomic E-state index is 5.57. The molecule has 2 aromatic rings. The van der Waals surface area contributed by atoms with Gasteiger partial charge in [-0.2, -0.15) is 0 Å². The van der Waals surface area contributed by atoms with Crippen LogP contribution in [0.4, 0.5) is 10.8 Å². The molecule has 0 aliphatic rings. The fourth-order valence-electron chi connectivity index (χ4n) is 1.75. The lowest BCUT2D eigenvalue weighted by atomic mass is 10.2. The molecule has 1 aromatic heterocycles. The molecule has 0 aliphatic heterocycles. The van der Waals surface area contributed by atoms with Crippen LogP contribution in [0.2, 0.25) is 0 Å². The fraction of sp³-hybridized carbons (Fsp3) is 0.333. The molecule has 2 N–H and O–H groups in total. The van der Waals surface area contributed by atoms with Gasteiger partial charge in [-0.3, -0.25) is 0 Å². The standard InChI is InChI=1S/C12H16N4S/c1-3-16(4-2)10-7-5-9(6-8-10)11-14-15-12(13)17-11/h5-8H,3-4H2,1-2H3,(H2,13,15). The zero-order valence-electron chi connectivity index (χ0n) is 10.1. The van der Waals surface area contributed by atoms with Crippen LogP contribution >= 0.6 is 11.3 Å². The molecule has 90 valence electrons. The quantitative estimate of drug-likeness (QED) is 0.903. The van der Waals surface area contributed by atoms with E-state index in [2.05, 4.69) is 53.2 Å². The van der Waals surface area contributed by atoms with E-state index in [0.29, 0.717) is 5.13 Å². The minimum Gasteiger partial charge on any atom is -0.374 e. The second-order valence-electron chi connectivity index (χ2n) is 3.66. The molecule has 0 bridgehead atoms. The summed E-state index contributed by atoms with van der Waals surface area (Å²) >= 11 is 1.41. The summed E-state index contributed by atoms with van der Waals surface area (Å²) in [5.74, 6) is 0. The predicted octanol–water partition coefficient (Wildman–Crippen LogP) is 2.63. The maximum Gasteiger partial charge on any atom is 0.203 e. The van der Waals surface area contributed by atoms with Crippen molar-refractivity contribution in [3.8, 4) is 10.6 Å². The summed E-state index contributed by atoms with van der Waals surface area (Å²) in [5.41, 5.74) is 7.87. The molecular weight excluding hydrogens is 232 g/mol. The van der Waals surface area contributed by atoms with Crippen molar-refractivity contribution in [2.75, 3.05) is 23.7 Å². The van der Waals surface area contributed by atoms with Gasteiger partial charge in [0, 0.05) is 24.3 Å². The number of rotatable bonds is 4. The zero-order chi connectivity index (χ0) is 12.3. The maximum atomic E-state index is 5.57. The lowest BCUT2D eigenvalue weighted by Gasteiger charge is -2.20. The molecule has 0 saturated heterocycles. The monoisotopic (exact) mass is 248 g/mol. The summed E-state index contributed by atoms with van der Waals surface area (Å²) in [5, 5.41) is 9.23. The first-order chi connectivity index (χ1) is 8.24. The van der Waals surface area contributed by atoms with Gasteiger partial charge in [0.15, 0.2) is 0 Å². The third-order valence-corrected chi connectivity index (χ3v) is 3.48. The third kappa shape index (κ3) is 2.55. The Bertz CT molecular complexity index is 474. The lowest BCUT2D eigenvalue weighted by Crippen LogP contribution is -2.21. The number of hydrogen-bond acceptors (Lipinski definition) is 5. The Balaban J connectivity index is 2.23. The van der Waals surface area contributed by atoms with Crippen molar-refractivity contribution < 1.29 is 0 Å². The van der Waals surface area contributed by atoms with E-state index < -0.39 is 0 Å². The molecule has 0 saturated carbocycles. The topological polar surface area (TPSA) is 55.0 Å². The molecule has 0 spiro atoms. The van der Waals surface area contributed by atoms with E-state index in [1.165, 1.54) is 17.0 Å². The molecular formula is C12H16N4S. The summed E-state index contributed by atoms with van der Waals surface area (Å²) in [6.45, 7) is 6.34. The number of hydrogen-bond donors (Lipinski definition) is 1. The lowest BCUT2D eigenvalue weighted by molar-refractivity contribution is 0.866. The van der Waals surface area contributed by atoms with Gasteiger partial charge < -0.3 is 10.6 Å². The van der Waals surface area contributed by atoms with Crippen LogP contribution in [0.3, 0.4) is 0 Å². The zero-order valence-corrected chi connectivity index (χ0v) is 10.9. The summed E-state index contributed by atoms with van der Waals surface area (Å²) < 4.78 is 0. The van der Waals surface area contributed by atoms with Crippen LogP contribution in [0.1, 0.15) is 13.8 Å². The summed E-state index contributed by atoms with van der Waals surface area (Å²) in [6.07, 6.45) is 0. The predicted molar refractivity (Wildman–Crippen MR) is 73.3 cm³/mol. The van der Waals surface area contributed by atoms with Gasteiger partial charge in [0.25, 0.3) is 0 Å². The van der Waals surface area contributed by atoms with E-state index >= 15 is 0 Å². The molecule has 1 heterocycles. The third-order valence-electron chi connectivity index (χ3n) is 2.68. The van der Waals surface area contributed by atoms with E-state index in [-0.39, 0.29) is 0 Å². The highest BCUT2D eigenvalue weighted by Crippen LogP contribution is 2.26. The second kappa shape index (κ2) is 5.14. The summed E-state index contributed by atoms with van der Waals surface area (Å²) in [4.78, 5) is 2.30. The van der Waals surface area contributed by atoms with Crippen LogP contribution in [-0.4, -0.2) is 23.3 Å². The average Bonchev–Trinajstić information content (AvgIpc) is 2.78. The summed E-state index contributed by atoms with van der Waals surface area (Å²) in [6, 6.07) is 8.35. The Kier molecular flexibility index (Phi) is 3.58. The smallest absolute Gasteiger partial charge is 0.203 e. The first kappa shape index (κ1) is 11.9. The molecule has 0 radical (unpaired) electrons. The fourth-order valence-corrected chi connectivity index (χ4v) is 2.37. The molecule has 2 rings (SSSR count). The number of nitrogens with two attached hydrogens (primary N) is 1. The summed E-state index contributed by atoms with van der Waals surface area (Å²) in [7, 11) is 0. The van der Waals surface area contributed by atoms with Gasteiger partial charge in [0.2, 0.25) is 5.13 Å². The van der Waals surface area contributed by atoms with Crippen molar-refractivity contribution in [1.29, 1.82) is 0 Å². The normalized spacial score (nSPS) is 10.5. The van der Waals surface area contributed by atoms with Crippen molar-refractivity contribution >= 4 is 22.2 Å². The first-order valence-electron chi connectivity index (χ1n) is 5.69. The molecule has 0 unspecified atom stereocenters. The van der Waals surface area contributed by atoms with Gasteiger partial charge in [-0.05, 0) is 38.1 Å². The van der Waals surface area contributed by atoms with E-state index in [0.717, 1.165) is 23.7 Å². The Morgan fingerprint density at radius 1 is 1.12 bits per heavy atom. The van der Waals surface area contributed by atoms with Gasteiger partial charge in [-0.25, -0.2) is 0 Å². The van der Waals surface area contributed by atoms with Gasteiger partial charge in [-0.15, -0.1) is 10.2 Å². The number of nitrogen functional groups attached to an aromatic ring is 1. The second-order valence-corrected chi connectivity index (χ2v) is 4.67. The van der Waals surface area contributed by atoms with Crippen molar-refractivity contribution in [3.63, 3.8) is 0 Å². The molecule has 0 fully saturated rings. The van der Waals surface area contributed by atoms with Crippen LogP contribution in [0.15, 0.2) is 24.3 Å². The Morgan fingerprint density at radius 3 is 2.24 bits per heavy atom. The van der Waals surface area contributed by atoms with Crippen LogP contribution in [-0.2, 0) is 0 Å². The number of anilines is 2. The molecule has 5 heteroatoms. The number of benzene rings is 1. The number of nitrogens with zero attached hydrogens (tertiary/aromatic N) is 3. The minimum absolute atomic E-state index is 0.507.